The second-order valence-electron chi connectivity index (χ2n) is 3.62. The van der Waals surface area contributed by atoms with Gasteiger partial charge in [0.25, 0.3) is 5.69 Å². The number of benzene rings is 1. The predicted molar refractivity (Wildman–Crippen MR) is 51.0 cm³/mol. The Balaban J connectivity index is 2.40. The highest BCUT2D eigenvalue weighted by molar-refractivity contribution is 5.41. The second kappa shape index (κ2) is 3.38. The first-order valence-electron chi connectivity index (χ1n) is 4.60. The number of aliphatic hydroxyl groups excluding tert-OH is 1. The van der Waals surface area contributed by atoms with Crippen molar-refractivity contribution in [1.29, 1.82) is 0 Å². The number of non-ortho nitro benzene ring substituents is 1. The zero-order valence-corrected chi connectivity index (χ0v) is 7.64. The SMILES string of the molecule is O=[N+]([O-])c1cc(CO)cc(C2CC2)c1. The van der Waals surface area contributed by atoms with Gasteiger partial charge >= 0.3 is 0 Å². The quantitative estimate of drug-likeness (QED) is 0.589. The van der Waals surface area contributed by atoms with E-state index in [-0.39, 0.29) is 12.3 Å². The molecule has 0 aromatic heterocycles. The highest BCUT2D eigenvalue weighted by Gasteiger charge is 2.25. The zero-order valence-electron chi connectivity index (χ0n) is 7.64. The number of rotatable bonds is 3. The van der Waals surface area contributed by atoms with Crippen molar-refractivity contribution in [3.05, 3.63) is 39.4 Å². The summed E-state index contributed by atoms with van der Waals surface area (Å²) in [6.07, 6.45) is 2.21. The molecule has 4 nitrogen and oxygen atoms in total. The number of nitro benzene ring substituents is 1. The fourth-order valence-electron chi connectivity index (χ4n) is 1.55. The highest BCUT2D eigenvalue weighted by atomic mass is 16.6. The van der Waals surface area contributed by atoms with Crippen LogP contribution in [-0.2, 0) is 6.61 Å². The lowest BCUT2D eigenvalue weighted by Crippen LogP contribution is -1.93. The molecule has 1 aromatic rings. The minimum Gasteiger partial charge on any atom is -0.392 e. The monoisotopic (exact) mass is 193 g/mol. The van der Waals surface area contributed by atoms with E-state index in [1.165, 1.54) is 6.07 Å². The maximum atomic E-state index is 10.6. The van der Waals surface area contributed by atoms with Gasteiger partial charge in [0.1, 0.15) is 0 Å². The summed E-state index contributed by atoms with van der Waals surface area (Å²) in [5, 5.41) is 19.5. The van der Waals surface area contributed by atoms with E-state index in [1.54, 1.807) is 6.07 Å². The second-order valence-corrected chi connectivity index (χ2v) is 3.62. The van der Waals surface area contributed by atoms with Crippen molar-refractivity contribution in [2.75, 3.05) is 0 Å². The molecular weight excluding hydrogens is 182 g/mol. The first kappa shape index (κ1) is 9.15. The molecule has 0 aliphatic heterocycles. The lowest BCUT2D eigenvalue weighted by atomic mass is 10.1. The van der Waals surface area contributed by atoms with Crippen LogP contribution in [0.25, 0.3) is 0 Å². The molecule has 0 unspecified atom stereocenters. The molecule has 1 aliphatic carbocycles. The molecule has 1 N–H and O–H groups in total. The van der Waals surface area contributed by atoms with Crippen LogP contribution < -0.4 is 0 Å². The van der Waals surface area contributed by atoms with E-state index in [1.807, 2.05) is 6.07 Å². The van der Waals surface area contributed by atoms with Crippen LogP contribution in [0.15, 0.2) is 18.2 Å². The Labute approximate surface area is 81.3 Å². The summed E-state index contributed by atoms with van der Waals surface area (Å²) in [5.41, 5.74) is 1.70. The molecular formula is C10H11NO3. The van der Waals surface area contributed by atoms with Gasteiger partial charge in [-0.25, -0.2) is 0 Å². The molecule has 0 radical (unpaired) electrons. The molecule has 0 bridgehead atoms. The van der Waals surface area contributed by atoms with Gasteiger partial charge in [-0.05, 0) is 29.9 Å². The number of aliphatic hydroxyl groups is 1. The fraction of sp³-hybridized carbons (Fsp3) is 0.400. The van der Waals surface area contributed by atoms with Crippen LogP contribution in [0.5, 0.6) is 0 Å². The average Bonchev–Trinajstić information content (AvgIpc) is 3.00. The Hall–Kier alpha value is -1.42. The minimum absolute atomic E-state index is 0.0819. The van der Waals surface area contributed by atoms with Crippen LogP contribution in [0.4, 0.5) is 5.69 Å². The Kier molecular flexibility index (Phi) is 2.21. The van der Waals surface area contributed by atoms with Crippen molar-refractivity contribution >= 4 is 5.69 Å². The van der Waals surface area contributed by atoms with Crippen molar-refractivity contribution in [3.63, 3.8) is 0 Å². The van der Waals surface area contributed by atoms with Crippen LogP contribution in [0.2, 0.25) is 0 Å². The topological polar surface area (TPSA) is 63.4 Å². The summed E-state index contributed by atoms with van der Waals surface area (Å²) in [5.74, 6) is 0.472. The lowest BCUT2D eigenvalue weighted by molar-refractivity contribution is -0.385. The van der Waals surface area contributed by atoms with Crippen LogP contribution in [0, 0.1) is 10.1 Å². The highest BCUT2D eigenvalue weighted by Crippen LogP contribution is 2.41. The third-order valence-electron chi connectivity index (χ3n) is 2.44. The van der Waals surface area contributed by atoms with Gasteiger partial charge in [0.05, 0.1) is 11.5 Å². The van der Waals surface area contributed by atoms with Gasteiger partial charge in [-0.15, -0.1) is 0 Å². The summed E-state index contributed by atoms with van der Waals surface area (Å²) in [7, 11) is 0. The van der Waals surface area contributed by atoms with Gasteiger partial charge in [-0.1, -0.05) is 6.07 Å². The van der Waals surface area contributed by atoms with E-state index in [9.17, 15) is 10.1 Å². The van der Waals surface area contributed by atoms with E-state index in [2.05, 4.69) is 0 Å². The third kappa shape index (κ3) is 1.75. The number of hydrogen-bond donors (Lipinski definition) is 1. The molecule has 0 atom stereocenters. The van der Waals surface area contributed by atoms with Crippen molar-refractivity contribution in [3.8, 4) is 0 Å². The third-order valence-corrected chi connectivity index (χ3v) is 2.44. The van der Waals surface area contributed by atoms with E-state index in [0.29, 0.717) is 11.5 Å². The lowest BCUT2D eigenvalue weighted by Gasteiger charge is -2.01. The minimum atomic E-state index is -0.412. The molecule has 14 heavy (non-hydrogen) atoms. The molecule has 1 saturated carbocycles. The Morgan fingerprint density at radius 3 is 2.64 bits per heavy atom. The Morgan fingerprint density at radius 1 is 1.43 bits per heavy atom. The summed E-state index contributed by atoms with van der Waals surface area (Å²) in [6.45, 7) is -0.138. The first-order chi connectivity index (χ1) is 6.70. The Bertz CT molecular complexity index is 372. The molecule has 0 heterocycles. The molecule has 1 aliphatic rings. The number of nitro groups is 1. The maximum Gasteiger partial charge on any atom is 0.270 e. The normalized spacial score (nSPS) is 15.5. The molecule has 74 valence electrons. The summed E-state index contributed by atoms with van der Waals surface area (Å²) in [6, 6.07) is 4.88. The number of hydrogen-bond acceptors (Lipinski definition) is 3. The van der Waals surface area contributed by atoms with E-state index in [4.69, 9.17) is 5.11 Å². The Morgan fingerprint density at radius 2 is 2.14 bits per heavy atom. The first-order valence-corrected chi connectivity index (χ1v) is 4.60. The summed E-state index contributed by atoms with van der Waals surface area (Å²) < 4.78 is 0. The van der Waals surface area contributed by atoms with Crippen LogP contribution in [0.3, 0.4) is 0 Å². The van der Waals surface area contributed by atoms with Crippen LogP contribution >= 0.6 is 0 Å². The van der Waals surface area contributed by atoms with E-state index >= 15 is 0 Å². The van der Waals surface area contributed by atoms with E-state index < -0.39 is 4.92 Å². The van der Waals surface area contributed by atoms with Crippen molar-refractivity contribution in [2.24, 2.45) is 0 Å². The van der Waals surface area contributed by atoms with Crippen LogP contribution in [-0.4, -0.2) is 10.0 Å². The largest absolute Gasteiger partial charge is 0.392 e. The summed E-state index contributed by atoms with van der Waals surface area (Å²) >= 11 is 0. The molecule has 4 heteroatoms. The smallest absolute Gasteiger partial charge is 0.270 e. The molecule has 0 spiro atoms. The molecule has 0 amide bonds. The van der Waals surface area contributed by atoms with Crippen molar-refractivity contribution < 1.29 is 10.0 Å². The molecule has 0 saturated heterocycles. The standard InChI is InChI=1S/C10H11NO3/c12-6-7-3-9(8-1-2-8)5-10(4-7)11(13)14/h3-5,8,12H,1-2,6H2. The number of nitrogens with zero attached hydrogens (tertiary/aromatic N) is 1. The van der Waals surface area contributed by atoms with Gasteiger partial charge in [-0.3, -0.25) is 10.1 Å². The average molecular weight is 193 g/mol. The molecule has 1 aromatic carbocycles. The van der Waals surface area contributed by atoms with Gasteiger partial charge < -0.3 is 5.11 Å². The van der Waals surface area contributed by atoms with Gasteiger partial charge in [0, 0.05) is 12.1 Å². The summed E-state index contributed by atoms with van der Waals surface area (Å²) in [4.78, 5) is 10.2. The van der Waals surface area contributed by atoms with Crippen LogP contribution in [0.1, 0.15) is 29.9 Å². The molecule has 1 fully saturated rings. The van der Waals surface area contributed by atoms with Gasteiger partial charge in [0.2, 0.25) is 0 Å². The van der Waals surface area contributed by atoms with Crippen molar-refractivity contribution in [1.82, 2.24) is 0 Å². The fourth-order valence-corrected chi connectivity index (χ4v) is 1.55. The molecule has 2 rings (SSSR count). The van der Waals surface area contributed by atoms with Gasteiger partial charge in [-0.2, -0.15) is 0 Å². The maximum absolute atomic E-state index is 10.6. The van der Waals surface area contributed by atoms with Gasteiger partial charge in [0.15, 0.2) is 0 Å². The predicted octanol–water partition coefficient (Wildman–Crippen LogP) is 1.96. The van der Waals surface area contributed by atoms with Crippen molar-refractivity contribution in [2.45, 2.75) is 25.4 Å². The zero-order chi connectivity index (χ0) is 10.1. The van der Waals surface area contributed by atoms with E-state index in [0.717, 1.165) is 18.4 Å².